The molecular formula is C29H40N2O7. The molecule has 38 heavy (non-hydrogen) atoms. The first-order valence-electron chi connectivity index (χ1n) is 14.0. The van der Waals surface area contributed by atoms with Gasteiger partial charge < -0.3 is 19.1 Å². The van der Waals surface area contributed by atoms with Crippen LogP contribution in [0.2, 0.25) is 0 Å². The van der Waals surface area contributed by atoms with Gasteiger partial charge in [-0.05, 0) is 75.5 Å². The first-order valence-corrected chi connectivity index (χ1v) is 14.0. The molecule has 0 saturated heterocycles. The van der Waals surface area contributed by atoms with Crippen molar-refractivity contribution in [1.29, 1.82) is 0 Å². The van der Waals surface area contributed by atoms with Crippen LogP contribution >= 0.6 is 0 Å². The molecule has 0 radical (unpaired) electrons. The molecule has 3 saturated carbocycles. The maximum absolute atomic E-state index is 13.0. The zero-order chi connectivity index (χ0) is 27.5. The number of nitrogens with zero attached hydrogens (tertiary/aromatic N) is 2. The predicted molar refractivity (Wildman–Crippen MR) is 139 cm³/mol. The first-order chi connectivity index (χ1) is 18.0. The molecule has 1 aliphatic heterocycles. The molecule has 1 heterocycles. The molecule has 0 bridgehead atoms. The Bertz CT molecular complexity index is 1130. The molecule has 0 aromatic carbocycles. The van der Waals surface area contributed by atoms with Gasteiger partial charge in [-0.1, -0.05) is 35.8 Å². The van der Waals surface area contributed by atoms with Crippen LogP contribution in [0.15, 0.2) is 22.0 Å². The number of hydrogen-bond donors (Lipinski definition) is 0. The quantitative estimate of drug-likeness (QED) is 0.167. The number of esters is 2. The molecule has 8 atom stereocenters. The van der Waals surface area contributed by atoms with Gasteiger partial charge in [-0.25, -0.2) is 9.59 Å². The summed E-state index contributed by atoms with van der Waals surface area (Å²) in [5.74, 6) is -0.351. The van der Waals surface area contributed by atoms with Gasteiger partial charge in [-0.3, -0.25) is 4.79 Å². The molecule has 0 aromatic heterocycles. The van der Waals surface area contributed by atoms with Crippen molar-refractivity contribution in [2.75, 3.05) is 6.61 Å². The summed E-state index contributed by atoms with van der Waals surface area (Å²) in [6.45, 7) is 11.3. The topological polar surface area (TPSA) is 113 Å². The van der Waals surface area contributed by atoms with E-state index in [4.69, 9.17) is 19.1 Å². The van der Waals surface area contributed by atoms with Crippen molar-refractivity contribution >= 4 is 29.3 Å². The molecule has 0 unspecified atom stereocenters. The van der Waals surface area contributed by atoms with Crippen molar-refractivity contribution < 1.29 is 33.5 Å². The van der Waals surface area contributed by atoms with Crippen LogP contribution < -0.4 is 0 Å². The SMILES string of the molecule is CCOC(=O)C1=NO[C@@]2(C(C)=NOC(C)=O)[C@@H]1C[C@@H]1[C@H]3CC=C4C[C@@H](OC(C)=O)CC[C@]4(C)[C@@H]3CC[C@@]12C. The molecule has 0 N–H and O–H groups in total. The standard InChI is InChI=1S/C29H40N2O7/c1-7-35-26(34)25-24-15-23-21-9-8-19-14-20(36-17(3)32)10-12-27(19,5)22(21)11-13-28(23,6)29(24,38-31-25)16(2)30-37-18(4)33/h8,20-24H,7,9-15H2,1-6H3/t20-,21-,22+,23+,24+,27-,28-,29-/m0/s1. The fraction of sp³-hybridized carbons (Fsp3) is 0.759. The van der Waals surface area contributed by atoms with Gasteiger partial charge in [0.2, 0.25) is 0 Å². The van der Waals surface area contributed by atoms with Gasteiger partial charge in [0.15, 0.2) is 11.3 Å². The van der Waals surface area contributed by atoms with Gasteiger partial charge in [-0.2, -0.15) is 0 Å². The maximum Gasteiger partial charge on any atom is 0.356 e. The highest BCUT2D eigenvalue weighted by Gasteiger charge is 2.74. The molecular weight excluding hydrogens is 488 g/mol. The minimum atomic E-state index is -0.974. The van der Waals surface area contributed by atoms with Crippen LogP contribution in [0.5, 0.6) is 0 Å². The largest absolute Gasteiger partial charge is 0.462 e. The highest BCUT2D eigenvalue weighted by atomic mass is 16.7. The zero-order valence-electron chi connectivity index (χ0n) is 23.4. The Hall–Kier alpha value is -2.71. The number of hydrogen-bond acceptors (Lipinski definition) is 9. The second-order valence-corrected chi connectivity index (χ2v) is 12.3. The molecule has 5 rings (SSSR count). The third-order valence-electron chi connectivity index (χ3n) is 10.6. The van der Waals surface area contributed by atoms with Crippen LogP contribution in [-0.4, -0.2) is 47.6 Å². The molecule has 5 aliphatic rings. The second-order valence-electron chi connectivity index (χ2n) is 12.3. The average Bonchev–Trinajstić information content (AvgIpc) is 3.36. The number of rotatable bonds is 5. The van der Waals surface area contributed by atoms with Gasteiger partial charge in [-0.15, -0.1) is 0 Å². The molecule has 0 spiro atoms. The van der Waals surface area contributed by atoms with E-state index < -0.39 is 17.5 Å². The summed E-state index contributed by atoms with van der Waals surface area (Å²) in [5, 5.41) is 8.47. The van der Waals surface area contributed by atoms with Gasteiger partial charge in [0.1, 0.15) is 11.8 Å². The van der Waals surface area contributed by atoms with Crippen LogP contribution in [0, 0.1) is 34.5 Å². The van der Waals surface area contributed by atoms with E-state index in [1.54, 1.807) is 6.92 Å². The highest BCUT2D eigenvalue weighted by Crippen LogP contribution is 2.70. The average molecular weight is 529 g/mol. The van der Waals surface area contributed by atoms with Crippen LogP contribution in [0.1, 0.15) is 86.5 Å². The summed E-state index contributed by atoms with van der Waals surface area (Å²) in [6.07, 6.45) is 8.60. The van der Waals surface area contributed by atoms with Crippen molar-refractivity contribution in [2.45, 2.75) is 98.2 Å². The lowest BCUT2D eigenvalue weighted by Gasteiger charge is -2.58. The lowest BCUT2D eigenvalue weighted by atomic mass is 9.46. The van der Waals surface area contributed by atoms with Crippen LogP contribution in [-0.2, 0) is 33.5 Å². The normalized spacial score (nSPS) is 41.3. The Morgan fingerprint density at radius 1 is 1.11 bits per heavy atom. The first kappa shape index (κ1) is 26.9. The number of ether oxygens (including phenoxy) is 2. The molecule has 0 aromatic rings. The van der Waals surface area contributed by atoms with E-state index in [1.165, 1.54) is 19.4 Å². The van der Waals surface area contributed by atoms with Crippen LogP contribution in [0.25, 0.3) is 0 Å². The lowest BCUT2D eigenvalue weighted by Crippen LogP contribution is -2.59. The summed E-state index contributed by atoms with van der Waals surface area (Å²) in [4.78, 5) is 47.5. The zero-order valence-corrected chi connectivity index (χ0v) is 23.4. The van der Waals surface area contributed by atoms with Gasteiger partial charge in [0, 0.05) is 25.7 Å². The van der Waals surface area contributed by atoms with E-state index in [0.717, 1.165) is 44.9 Å². The Morgan fingerprint density at radius 3 is 2.55 bits per heavy atom. The molecule has 3 fully saturated rings. The Kier molecular flexibility index (Phi) is 6.71. The number of allylic oxidation sites excluding steroid dienone is 1. The summed E-state index contributed by atoms with van der Waals surface area (Å²) in [6, 6.07) is 0. The van der Waals surface area contributed by atoms with E-state index in [9.17, 15) is 14.4 Å². The predicted octanol–water partition coefficient (Wildman–Crippen LogP) is 4.73. The van der Waals surface area contributed by atoms with E-state index in [-0.39, 0.29) is 41.3 Å². The van der Waals surface area contributed by atoms with Gasteiger partial charge >= 0.3 is 17.9 Å². The number of carbonyl (C=O) groups excluding carboxylic acids is 3. The molecule has 4 aliphatic carbocycles. The van der Waals surface area contributed by atoms with Crippen molar-refractivity contribution in [2.24, 2.45) is 44.8 Å². The number of carbonyl (C=O) groups is 3. The fourth-order valence-electron chi connectivity index (χ4n) is 8.97. The minimum Gasteiger partial charge on any atom is -0.462 e. The Morgan fingerprint density at radius 2 is 1.87 bits per heavy atom. The monoisotopic (exact) mass is 528 g/mol. The van der Waals surface area contributed by atoms with E-state index in [2.05, 4.69) is 30.2 Å². The van der Waals surface area contributed by atoms with Gasteiger partial charge in [0.25, 0.3) is 0 Å². The van der Waals surface area contributed by atoms with E-state index in [1.807, 2.05) is 6.92 Å². The molecule has 0 amide bonds. The fourth-order valence-corrected chi connectivity index (χ4v) is 8.97. The Balaban J connectivity index is 1.50. The van der Waals surface area contributed by atoms with Crippen LogP contribution in [0.3, 0.4) is 0 Å². The second kappa shape index (κ2) is 9.49. The molecule has 208 valence electrons. The van der Waals surface area contributed by atoms with E-state index in [0.29, 0.717) is 23.3 Å². The van der Waals surface area contributed by atoms with Gasteiger partial charge in [0.05, 0.1) is 12.5 Å². The van der Waals surface area contributed by atoms with E-state index >= 15 is 0 Å². The minimum absolute atomic E-state index is 0.0387. The third kappa shape index (κ3) is 3.82. The van der Waals surface area contributed by atoms with Crippen molar-refractivity contribution in [3.8, 4) is 0 Å². The summed E-state index contributed by atoms with van der Waals surface area (Å²) >= 11 is 0. The smallest absolute Gasteiger partial charge is 0.356 e. The number of oxime groups is 2. The molecule has 9 heteroatoms. The van der Waals surface area contributed by atoms with Crippen LogP contribution in [0.4, 0.5) is 0 Å². The Labute approximate surface area is 224 Å². The summed E-state index contributed by atoms with van der Waals surface area (Å²) in [7, 11) is 0. The number of fused-ring (bicyclic) bond motifs is 7. The summed E-state index contributed by atoms with van der Waals surface area (Å²) < 4.78 is 10.9. The van der Waals surface area contributed by atoms with Crippen molar-refractivity contribution in [3.63, 3.8) is 0 Å². The maximum atomic E-state index is 13.0. The summed E-state index contributed by atoms with van der Waals surface area (Å²) in [5.41, 5.74) is 0.983. The lowest BCUT2D eigenvalue weighted by molar-refractivity contribution is -0.149. The molecule has 9 nitrogen and oxygen atoms in total. The highest BCUT2D eigenvalue weighted by molar-refractivity contribution is 6.38. The van der Waals surface area contributed by atoms with Crippen molar-refractivity contribution in [3.05, 3.63) is 11.6 Å². The third-order valence-corrected chi connectivity index (χ3v) is 10.6. The van der Waals surface area contributed by atoms with Crippen molar-refractivity contribution in [1.82, 2.24) is 0 Å².